The van der Waals surface area contributed by atoms with Gasteiger partial charge in [0.1, 0.15) is 0 Å². The summed E-state index contributed by atoms with van der Waals surface area (Å²) < 4.78 is 0. The molecule has 0 fully saturated rings. The topological polar surface area (TPSA) is 49.3 Å². The van der Waals surface area contributed by atoms with Crippen molar-refractivity contribution in [2.75, 3.05) is 0 Å². The summed E-state index contributed by atoms with van der Waals surface area (Å²) in [4.78, 5) is 15.4. The molecule has 0 aliphatic heterocycles. The Bertz CT molecular complexity index is 559. The predicted molar refractivity (Wildman–Crippen MR) is 80.0 cm³/mol. The fourth-order valence-corrected chi connectivity index (χ4v) is 3.67. The average Bonchev–Trinajstić information content (AvgIpc) is 2.94. The first-order valence-corrected chi connectivity index (χ1v) is 7.77. The lowest BCUT2D eigenvalue weighted by Gasteiger charge is -2.10. The first kappa shape index (κ1) is 14.2. The number of aryl methyl sites for hydroxylation is 1. The van der Waals surface area contributed by atoms with Crippen molar-refractivity contribution in [1.29, 1.82) is 0 Å². The van der Waals surface area contributed by atoms with E-state index in [0.29, 0.717) is 6.04 Å². The summed E-state index contributed by atoms with van der Waals surface area (Å²) >= 11 is 3.37. The van der Waals surface area contributed by atoms with E-state index in [1.54, 1.807) is 11.3 Å². The molecule has 0 saturated heterocycles. The van der Waals surface area contributed by atoms with E-state index in [-0.39, 0.29) is 6.42 Å². The van der Waals surface area contributed by atoms with Crippen LogP contribution in [0.15, 0.2) is 24.3 Å². The van der Waals surface area contributed by atoms with Crippen molar-refractivity contribution in [2.45, 2.75) is 32.9 Å². The van der Waals surface area contributed by atoms with Crippen LogP contribution in [0.2, 0.25) is 0 Å². The van der Waals surface area contributed by atoms with Gasteiger partial charge in [-0.15, -0.1) is 22.7 Å². The zero-order valence-electron chi connectivity index (χ0n) is 11.0. The standard InChI is InChI=1S/C14H17NO2S2/c1-9-3-6-13(18-9)10(2)15-8-12-5-4-11(19-12)7-14(16)17/h3-6,10,15H,7-8H2,1-2H3,(H,16,17). The van der Waals surface area contributed by atoms with Crippen LogP contribution in [-0.2, 0) is 17.8 Å². The van der Waals surface area contributed by atoms with Crippen molar-refractivity contribution < 1.29 is 9.90 Å². The largest absolute Gasteiger partial charge is 0.481 e. The molecule has 2 N–H and O–H groups in total. The summed E-state index contributed by atoms with van der Waals surface area (Å²) in [5.41, 5.74) is 0. The second-order valence-electron chi connectivity index (χ2n) is 4.49. The molecule has 0 saturated carbocycles. The van der Waals surface area contributed by atoms with Crippen LogP contribution in [0.25, 0.3) is 0 Å². The number of hydrogen-bond acceptors (Lipinski definition) is 4. The molecule has 1 atom stereocenters. The summed E-state index contributed by atoms with van der Waals surface area (Å²) in [6.45, 7) is 5.04. The van der Waals surface area contributed by atoms with Gasteiger partial charge in [0.15, 0.2) is 0 Å². The van der Waals surface area contributed by atoms with Gasteiger partial charge >= 0.3 is 5.97 Å². The fraction of sp³-hybridized carbons (Fsp3) is 0.357. The maximum absolute atomic E-state index is 10.6. The molecule has 2 rings (SSSR count). The molecule has 3 nitrogen and oxygen atoms in total. The van der Waals surface area contributed by atoms with Crippen LogP contribution in [0, 0.1) is 6.92 Å². The lowest BCUT2D eigenvalue weighted by molar-refractivity contribution is -0.136. The van der Waals surface area contributed by atoms with E-state index in [1.165, 1.54) is 14.6 Å². The zero-order chi connectivity index (χ0) is 13.8. The highest BCUT2D eigenvalue weighted by molar-refractivity contribution is 7.12. The van der Waals surface area contributed by atoms with Crippen LogP contribution < -0.4 is 5.32 Å². The van der Waals surface area contributed by atoms with E-state index in [2.05, 4.69) is 31.3 Å². The van der Waals surface area contributed by atoms with E-state index < -0.39 is 5.97 Å². The molecule has 0 spiro atoms. The lowest BCUT2D eigenvalue weighted by Crippen LogP contribution is -2.16. The van der Waals surface area contributed by atoms with Crippen molar-refractivity contribution in [3.05, 3.63) is 43.8 Å². The van der Waals surface area contributed by atoms with Gasteiger partial charge in [-0.2, -0.15) is 0 Å². The number of hydrogen-bond donors (Lipinski definition) is 2. The maximum atomic E-state index is 10.6. The highest BCUT2D eigenvalue weighted by Gasteiger charge is 2.09. The van der Waals surface area contributed by atoms with E-state index >= 15 is 0 Å². The van der Waals surface area contributed by atoms with Gasteiger partial charge < -0.3 is 10.4 Å². The second kappa shape index (κ2) is 6.32. The normalized spacial score (nSPS) is 12.5. The Morgan fingerprint density at radius 2 is 2.00 bits per heavy atom. The molecular formula is C14H17NO2S2. The van der Waals surface area contributed by atoms with E-state index in [9.17, 15) is 4.79 Å². The van der Waals surface area contributed by atoms with Gasteiger partial charge in [-0.05, 0) is 38.1 Å². The molecule has 2 aromatic heterocycles. The SMILES string of the molecule is Cc1ccc(C(C)NCc2ccc(CC(=O)O)s2)s1. The Balaban J connectivity index is 1.88. The molecule has 2 aromatic rings. The van der Waals surface area contributed by atoms with Gasteiger partial charge in [0, 0.05) is 32.1 Å². The predicted octanol–water partition coefficient (Wildman–Crippen LogP) is 3.60. The Morgan fingerprint density at radius 1 is 1.26 bits per heavy atom. The molecular weight excluding hydrogens is 278 g/mol. The first-order valence-electron chi connectivity index (χ1n) is 6.13. The van der Waals surface area contributed by atoms with E-state index in [0.717, 1.165) is 11.4 Å². The molecule has 19 heavy (non-hydrogen) atoms. The van der Waals surface area contributed by atoms with E-state index in [4.69, 9.17) is 5.11 Å². The minimum absolute atomic E-state index is 0.115. The Labute approximate surface area is 120 Å². The number of aliphatic carboxylic acids is 1. The molecule has 0 aliphatic rings. The van der Waals surface area contributed by atoms with Gasteiger partial charge in [0.2, 0.25) is 0 Å². The summed E-state index contributed by atoms with van der Waals surface area (Å²) in [5, 5.41) is 12.2. The lowest BCUT2D eigenvalue weighted by atomic mass is 10.2. The van der Waals surface area contributed by atoms with Crippen molar-refractivity contribution in [2.24, 2.45) is 0 Å². The van der Waals surface area contributed by atoms with Crippen LogP contribution in [0.3, 0.4) is 0 Å². The average molecular weight is 295 g/mol. The maximum Gasteiger partial charge on any atom is 0.308 e. The van der Waals surface area contributed by atoms with Crippen molar-refractivity contribution in [3.63, 3.8) is 0 Å². The summed E-state index contributed by atoms with van der Waals surface area (Å²) in [6.07, 6.45) is 0.115. The van der Waals surface area contributed by atoms with Crippen molar-refractivity contribution in [3.8, 4) is 0 Å². The fourth-order valence-electron chi connectivity index (χ4n) is 1.80. The van der Waals surface area contributed by atoms with E-state index in [1.807, 2.05) is 23.5 Å². The summed E-state index contributed by atoms with van der Waals surface area (Å²) in [5.74, 6) is -0.774. The first-order chi connectivity index (χ1) is 9.04. The monoisotopic (exact) mass is 295 g/mol. The molecule has 0 radical (unpaired) electrons. The Morgan fingerprint density at radius 3 is 2.63 bits per heavy atom. The molecule has 0 aromatic carbocycles. The van der Waals surface area contributed by atoms with Gasteiger partial charge in [0.05, 0.1) is 6.42 Å². The number of rotatable bonds is 6. The third-order valence-electron chi connectivity index (χ3n) is 2.81. The van der Waals surface area contributed by atoms with Gasteiger partial charge in [-0.3, -0.25) is 4.79 Å². The molecule has 0 amide bonds. The Hall–Kier alpha value is -1.17. The van der Waals surface area contributed by atoms with Crippen LogP contribution in [0.4, 0.5) is 0 Å². The number of carboxylic acid groups (broad SMARTS) is 1. The highest BCUT2D eigenvalue weighted by atomic mass is 32.1. The molecule has 2 heterocycles. The number of carbonyl (C=O) groups is 1. The zero-order valence-corrected chi connectivity index (χ0v) is 12.6. The minimum atomic E-state index is -0.774. The van der Waals surface area contributed by atoms with Crippen molar-refractivity contribution >= 4 is 28.6 Å². The second-order valence-corrected chi connectivity index (χ2v) is 7.06. The third-order valence-corrected chi connectivity index (χ3v) is 5.08. The van der Waals surface area contributed by atoms with Crippen LogP contribution in [0.1, 0.15) is 32.5 Å². The van der Waals surface area contributed by atoms with Crippen LogP contribution >= 0.6 is 22.7 Å². The number of nitrogens with one attached hydrogen (secondary N) is 1. The van der Waals surface area contributed by atoms with Crippen LogP contribution in [0.5, 0.6) is 0 Å². The minimum Gasteiger partial charge on any atom is -0.481 e. The summed E-state index contributed by atoms with van der Waals surface area (Å²) in [6, 6.07) is 8.51. The summed E-state index contributed by atoms with van der Waals surface area (Å²) in [7, 11) is 0. The third kappa shape index (κ3) is 4.16. The van der Waals surface area contributed by atoms with Gasteiger partial charge in [-0.25, -0.2) is 0 Å². The molecule has 102 valence electrons. The quantitative estimate of drug-likeness (QED) is 0.856. The highest BCUT2D eigenvalue weighted by Crippen LogP contribution is 2.23. The number of carboxylic acids is 1. The van der Waals surface area contributed by atoms with Crippen LogP contribution in [-0.4, -0.2) is 11.1 Å². The molecule has 1 unspecified atom stereocenters. The molecule has 0 aliphatic carbocycles. The van der Waals surface area contributed by atoms with Crippen molar-refractivity contribution in [1.82, 2.24) is 5.32 Å². The Kier molecular flexibility index (Phi) is 4.74. The number of thiophene rings is 2. The molecule has 0 bridgehead atoms. The van der Waals surface area contributed by atoms with Gasteiger partial charge in [-0.1, -0.05) is 0 Å². The smallest absolute Gasteiger partial charge is 0.308 e. The molecule has 5 heteroatoms. The van der Waals surface area contributed by atoms with Gasteiger partial charge in [0.25, 0.3) is 0 Å².